The van der Waals surface area contributed by atoms with Gasteiger partial charge in [-0.3, -0.25) is 9.59 Å². The topological polar surface area (TPSA) is 123 Å². The summed E-state index contributed by atoms with van der Waals surface area (Å²) >= 11 is 0. The van der Waals surface area contributed by atoms with Crippen molar-refractivity contribution in [1.82, 2.24) is 4.90 Å². The number of hydrogen-bond donors (Lipinski definition) is 1. The molecule has 1 saturated heterocycles. The number of fused-ring (bicyclic) bond motifs is 2. The molecule has 164 valence electrons. The van der Waals surface area contributed by atoms with E-state index in [2.05, 4.69) is 0 Å². The largest absolute Gasteiger partial charge is 0.507 e. The van der Waals surface area contributed by atoms with E-state index in [1.54, 1.807) is 12.1 Å². The van der Waals surface area contributed by atoms with Gasteiger partial charge >= 0.3 is 0 Å². The molecule has 1 N–H and O–H groups in total. The van der Waals surface area contributed by atoms with Crippen molar-refractivity contribution in [1.29, 1.82) is 0 Å². The predicted octanol–water partition coefficient (Wildman–Crippen LogP) is 1.68. The second-order valence-electron chi connectivity index (χ2n) is 7.46. The number of phenols is 1. The van der Waals surface area contributed by atoms with Crippen molar-refractivity contribution in [2.45, 2.75) is 12.5 Å². The maximum atomic E-state index is 12.8. The molecule has 1 aliphatic heterocycles. The molecular formula is C21H21NO8S. The summed E-state index contributed by atoms with van der Waals surface area (Å²) in [6, 6.07) is 7.05. The van der Waals surface area contributed by atoms with Crippen LogP contribution in [-0.4, -0.2) is 62.6 Å². The van der Waals surface area contributed by atoms with Gasteiger partial charge in [-0.15, -0.1) is 0 Å². The first-order valence-corrected chi connectivity index (χ1v) is 11.4. The van der Waals surface area contributed by atoms with Gasteiger partial charge in [0.05, 0.1) is 24.0 Å². The standard InChI is InChI=1S/C21H21NO8S/c1-22(12-5-6-31(26,27)11-12)19(24)10-29-14-8-16(23)20-18(9-14)30-17-4-3-13(28-2)7-15(17)21(20)25/h3-4,7-9,12,23H,5-6,10-11H2,1-2H3/t12-/m0/s1. The van der Waals surface area contributed by atoms with Crippen LogP contribution in [0, 0.1) is 0 Å². The Morgan fingerprint density at radius 1 is 1.23 bits per heavy atom. The third-order valence-electron chi connectivity index (χ3n) is 5.45. The molecule has 0 spiro atoms. The molecule has 1 amide bonds. The Kier molecular flexibility index (Phi) is 5.26. The van der Waals surface area contributed by atoms with Gasteiger partial charge in [-0.2, -0.15) is 0 Å². The first-order valence-electron chi connectivity index (χ1n) is 9.55. The van der Waals surface area contributed by atoms with Crippen LogP contribution in [0.25, 0.3) is 21.9 Å². The lowest BCUT2D eigenvalue weighted by atomic mass is 10.1. The second kappa shape index (κ2) is 7.77. The number of rotatable bonds is 5. The normalized spacial score (nSPS) is 17.7. The lowest BCUT2D eigenvalue weighted by Gasteiger charge is -2.23. The molecule has 2 heterocycles. The van der Waals surface area contributed by atoms with Crippen LogP contribution in [0.3, 0.4) is 0 Å². The Bertz CT molecular complexity index is 1340. The molecule has 1 atom stereocenters. The summed E-state index contributed by atoms with van der Waals surface area (Å²) in [5.74, 6) is -0.108. The van der Waals surface area contributed by atoms with Crippen molar-refractivity contribution in [2.75, 3.05) is 32.3 Å². The van der Waals surface area contributed by atoms with E-state index in [-0.39, 0.29) is 52.0 Å². The Morgan fingerprint density at radius 2 is 2.00 bits per heavy atom. The Morgan fingerprint density at radius 3 is 2.68 bits per heavy atom. The number of phenolic OH excluding ortho intramolecular Hbond substituents is 1. The van der Waals surface area contributed by atoms with Crippen LogP contribution < -0.4 is 14.9 Å². The zero-order valence-corrected chi connectivity index (χ0v) is 17.8. The fraction of sp³-hybridized carbons (Fsp3) is 0.333. The summed E-state index contributed by atoms with van der Waals surface area (Å²) in [4.78, 5) is 26.6. The van der Waals surface area contributed by atoms with E-state index in [4.69, 9.17) is 13.9 Å². The third-order valence-corrected chi connectivity index (χ3v) is 7.20. The Balaban J connectivity index is 1.58. The zero-order chi connectivity index (χ0) is 22.3. The molecule has 3 aromatic rings. The molecular weight excluding hydrogens is 426 g/mol. The highest BCUT2D eigenvalue weighted by Crippen LogP contribution is 2.31. The number of methoxy groups -OCH3 is 1. The number of likely N-dealkylation sites (N-methyl/N-ethyl adjacent to an activating group) is 1. The van der Waals surface area contributed by atoms with Gasteiger partial charge in [-0.05, 0) is 24.6 Å². The SMILES string of the molecule is COc1ccc2oc3cc(OCC(=O)N(C)[C@H]4CCS(=O)(=O)C4)cc(O)c3c(=O)c2c1. The number of carbonyl (C=O) groups excluding carboxylic acids is 1. The molecule has 9 nitrogen and oxygen atoms in total. The molecule has 4 rings (SSSR count). The highest BCUT2D eigenvalue weighted by atomic mass is 32.2. The highest BCUT2D eigenvalue weighted by molar-refractivity contribution is 7.91. The number of ether oxygens (including phenoxy) is 2. The number of sulfone groups is 1. The monoisotopic (exact) mass is 447 g/mol. The number of benzene rings is 2. The average Bonchev–Trinajstić information content (AvgIpc) is 3.10. The maximum absolute atomic E-state index is 12.8. The van der Waals surface area contributed by atoms with Gasteiger partial charge in [0.25, 0.3) is 5.91 Å². The molecule has 0 bridgehead atoms. The van der Waals surface area contributed by atoms with E-state index in [1.165, 1.54) is 37.3 Å². The molecule has 10 heteroatoms. The zero-order valence-electron chi connectivity index (χ0n) is 17.0. The van der Waals surface area contributed by atoms with Crippen LogP contribution in [0.15, 0.2) is 39.5 Å². The highest BCUT2D eigenvalue weighted by Gasteiger charge is 2.32. The minimum absolute atomic E-state index is 0.00675. The average molecular weight is 447 g/mol. The van der Waals surface area contributed by atoms with Crippen LogP contribution in [-0.2, 0) is 14.6 Å². The van der Waals surface area contributed by atoms with Gasteiger partial charge in [0.2, 0.25) is 5.43 Å². The van der Waals surface area contributed by atoms with Crippen LogP contribution >= 0.6 is 0 Å². The van der Waals surface area contributed by atoms with E-state index >= 15 is 0 Å². The molecule has 0 radical (unpaired) electrons. The first-order chi connectivity index (χ1) is 14.7. The summed E-state index contributed by atoms with van der Waals surface area (Å²) in [6.45, 7) is -0.354. The summed E-state index contributed by atoms with van der Waals surface area (Å²) in [5, 5.41) is 10.6. The third kappa shape index (κ3) is 4.02. The molecule has 0 aliphatic carbocycles. The van der Waals surface area contributed by atoms with E-state index in [0.717, 1.165) is 0 Å². The molecule has 0 saturated carbocycles. The maximum Gasteiger partial charge on any atom is 0.260 e. The minimum atomic E-state index is -3.12. The summed E-state index contributed by atoms with van der Waals surface area (Å²) in [5.41, 5.74) is 0.00547. The van der Waals surface area contributed by atoms with Gasteiger partial charge in [0, 0.05) is 25.2 Å². The van der Waals surface area contributed by atoms with Crippen LogP contribution in [0.4, 0.5) is 0 Å². The first kappa shape index (κ1) is 21.0. The van der Waals surface area contributed by atoms with Gasteiger partial charge < -0.3 is 23.9 Å². The molecule has 0 unspecified atom stereocenters. The van der Waals surface area contributed by atoms with E-state index < -0.39 is 21.2 Å². The summed E-state index contributed by atoms with van der Waals surface area (Å²) < 4.78 is 39.6. The molecule has 1 aromatic heterocycles. The number of aromatic hydroxyl groups is 1. The van der Waals surface area contributed by atoms with Crippen molar-refractivity contribution >= 4 is 37.7 Å². The molecule has 31 heavy (non-hydrogen) atoms. The van der Waals surface area contributed by atoms with Crippen LogP contribution in [0.5, 0.6) is 17.2 Å². The number of hydrogen-bond acceptors (Lipinski definition) is 8. The number of nitrogens with zero attached hydrogens (tertiary/aromatic N) is 1. The van der Waals surface area contributed by atoms with E-state index in [0.29, 0.717) is 17.8 Å². The lowest BCUT2D eigenvalue weighted by Crippen LogP contribution is -2.40. The van der Waals surface area contributed by atoms with Crippen LogP contribution in [0.1, 0.15) is 6.42 Å². The molecule has 1 aliphatic rings. The van der Waals surface area contributed by atoms with Crippen molar-refractivity contribution in [3.05, 3.63) is 40.6 Å². The number of carbonyl (C=O) groups is 1. The Labute approximate surface area is 177 Å². The smallest absolute Gasteiger partial charge is 0.260 e. The number of amides is 1. The van der Waals surface area contributed by atoms with E-state index in [9.17, 15) is 23.1 Å². The fourth-order valence-corrected chi connectivity index (χ4v) is 5.43. The van der Waals surface area contributed by atoms with Crippen molar-refractivity contribution < 1.29 is 32.2 Å². The van der Waals surface area contributed by atoms with Gasteiger partial charge in [-0.25, -0.2) is 8.42 Å². The minimum Gasteiger partial charge on any atom is -0.507 e. The summed E-state index contributed by atoms with van der Waals surface area (Å²) in [6.07, 6.45) is 0.393. The second-order valence-corrected chi connectivity index (χ2v) is 9.69. The molecule has 1 fully saturated rings. The van der Waals surface area contributed by atoms with Gasteiger partial charge in [0.15, 0.2) is 16.4 Å². The van der Waals surface area contributed by atoms with Crippen LogP contribution in [0.2, 0.25) is 0 Å². The van der Waals surface area contributed by atoms with E-state index in [1.807, 2.05) is 0 Å². The lowest BCUT2D eigenvalue weighted by molar-refractivity contribution is -0.133. The van der Waals surface area contributed by atoms with Crippen molar-refractivity contribution in [3.8, 4) is 17.2 Å². The Hall–Kier alpha value is -3.27. The summed E-state index contributed by atoms with van der Waals surface area (Å²) in [7, 11) is -0.0976. The van der Waals surface area contributed by atoms with Crippen molar-refractivity contribution in [3.63, 3.8) is 0 Å². The quantitative estimate of drug-likeness (QED) is 0.586. The van der Waals surface area contributed by atoms with Crippen molar-refractivity contribution in [2.24, 2.45) is 0 Å². The molecule has 2 aromatic carbocycles. The van der Waals surface area contributed by atoms with Gasteiger partial charge in [0.1, 0.15) is 33.8 Å². The fourth-order valence-electron chi connectivity index (χ4n) is 3.66. The van der Waals surface area contributed by atoms with Gasteiger partial charge in [-0.1, -0.05) is 0 Å². The predicted molar refractivity (Wildman–Crippen MR) is 114 cm³/mol.